The van der Waals surface area contributed by atoms with E-state index in [1.165, 1.54) is 44.2 Å². The lowest BCUT2D eigenvalue weighted by atomic mass is 9.94. The summed E-state index contributed by atoms with van der Waals surface area (Å²) in [5, 5.41) is 0. The Labute approximate surface area is 108 Å². The third-order valence-corrected chi connectivity index (χ3v) is 3.54. The second kappa shape index (κ2) is 7.83. The monoisotopic (exact) mass is 283 g/mol. The highest BCUT2D eigenvalue weighted by molar-refractivity contribution is 9.10. The Balaban J connectivity index is 2.44. The van der Waals surface area contributed by atoms with Gasteiger partial charge in [-0.25, -0.2) is 0 Å². The van der Waals surface area contributed by atoms with Crippen LogP contribution in [0.1, 0.15) is 64.0 Å². The quantitative estimate of drug-likeness (QED) is 0.618. The van der Waals surface area contributed by atoms with Crippen LogP contribution in [0.15, 0.2) is 22.8 Å². The van der Waals surface area contributed by atoms with E-state index in [-0.39, 0.29) is 0 Å². The van der Waals surface area contributed by atoms with Crippen LogP contribution < -0.4 is 0 Å². The van der Waals surface area contributed by atoms with Gasteiger partial charge >= 0.3 is 0 Å². The molecule has 0 radical (unpaired) electrons. The molecule has 0 saturated carbocycles. The minimum Gasteiger partial charge on any atom is -0.260 e. The maximum Gasteiger partial charge on any atom is 0.0435 e. The fraction of sp³-hybridized carbons (Fsp3) is 0.643. The highest BCUT2D eigenvalue weighted by Gasteiger charge is 2.09. The fourth-order valence-electron chi connectivity index (χ4n) is 2.01. The fourth-order valence-corrected chi connectivity index (χ4v) is 2.24. The number of hydrogen-bond donors (Lipinski definition) is 0. The molecule has 0 spiro atoms. The molecule has 0 aromatic carbocycles. The standard InChI is InChI=1S/C14H22BrN/c1-3-5-6-7-8-12(4-2)14-10-9-13(15)11-16-14/h9-12H,3-8H2,1-2H3. The van der Waals surface area contributed by atoms with Gasteiger partial charge in [0.05, 0.1) is 0 Å². The second-order valence-electron chi connectivity index (χ2n) is 4.36. The average Bonchev–Trinajstić information content (AvgIpc) is 2.31. The van der Waals surface area contributed by atoms with E-state index in [2.05, 4.69) is 46.9 Å². The van der Waals surface area contributed by atoms with E-state index in [1.807, 2.05) is 6.20 Å². The van der Waals surface area contributed by atoms with E-state index < -0.39 is 0 Å². The van der Waals surface area contributed by atoms with Crippen molar-refractivity contribution in [3.05, 3.63) is 28.5 Å². The first kappa shape index (κ1) is 13.7. The summed E-state index contributed by atoms with van der Waals surface area (Å²) in [6.45, 7) is 4.52. The number of pyridine rings is 1. The summed E-state index contributed by atoms with van der Waals surface area (Å²) in [6.07, 6.45) is 9.76. The maximum absolute atomic E-state index is 4.50. The van der Waals surface area contributed by atoms with Gasteiger partial charge in [-0.05, 0) is 40.9 Å². The Morgan fingerprint density at radius 3 is 2.56 bits per heavy atom. The van der Waals surface area contributed by atoms with Gasteiger partial charge in [-0.2, -0.15) is 0 Å². The van der Waals surface area contributed by atoms with Crippen molar-refractivity contribution in [2.45, 2.75) is 58.3 Å². The predicted molar refractivity (Wildman–Crippen MR) is 73.7 cm³/mol. The molecule has 0 aliphatic heterocycles. The van der Waals surface area contributed by atoms with Crippen LogP contribution in [0.5, 0.6) is 0 Å². The molecule has 0 saturated heterocycles. The number of nitrogens with zero attached hydrogens (tertiary/aromatic N) is 1. The van der Waals surface area contributed by atoms with Crippen LogP contribution in [0.3, 0.4) is 0 Å². The molecule has 1 nitrogen and oxygen atoms in total. The molecule has 0 aliphatic rings. The van der Waals surface area contributed by atoms with Gasteiger partial charge in [-0.15, -0.1) is 0 Å². The Bertz CT molecular complexity index is 281. The predicted octanol–water partition coefficient (Wildman–Crippen LogP) is 5.31. The van der Waals surface area contributed by atoms with E-state index in [0.29, 0.717) is 5.92 Å². The molecule has 0 N–H and O–H groups in total. The largest absolute Gasteiger partial charge is 0.260 e. The van der Waals surface area contributed by atoms with Crippen LogP contribution in [0, 0.1) is 0 Å². The summed E-state index contributed by atoms with van der Waals surface area (Å²) < 4.78 is 1.07. The van der Waals surface area contributed by atoms with Crippen LogP contribution in [-0.4, -0.2) is 4.98 Å². The van der Waals surface area contributed by atoms with E-state index in [9.17, 15) is 0 Å². The Morgan fingerprint density at radius 2 is 2.00 bits per heavy atom. The molecule has 90 valence electrons. The van der Waals surface area contributed by atoms with Crippen molar-refractivity contribution < 1.29 is 0 Å². The Hall–Kier alpha value is -0.370. The molecular formula is C14H22BrN. The first-order valence-corrected chi connectivity index (χ1v) is 7.18. The van der Waals surface area contributed by atoms with Crippen molar-refractivity contribution in [3.63, 3.8) is 0 Å². The van der Waals surface area contributed by atoms with Gasteiger partial charge in [0.25, 0.3) is 0 Å². The topological polar surface area (TPSA) is 12.9 Å². The number of halogens is 1. The number of aromatic nitrogens is 1. The van der Waals surface area contributed by atoms with Gasteiger partial charge in [0.1, 0.15) is 0 Å². The number of hydrogen-bond acceptors (Lipinski definition) is 1. The lowest BCUT2D eigenvalue weighted by molar-refractivity contribution is 0.533. The summed E-state index contributed by atoms with van der Waals surface area (Å²) in [5.41, 5.74) is 1.25. The van der Waals surface area contributed by atoms with Gasteiger partial charge in [0.15, 0.2) is 0 Å². The van der Waals surface area contributed by atoms with Crippen molar-refractivity contribution in [2.24, 2.45) is 0 Å². The van der Waals surface area contributed by atoms with Crippen molar-refractivity contribution in [2.75, 3.05) is 0 Å². The van der Waals surface area contributed by atoms with Crippen molar-refractivity contribution in [1.29, 1.82) is 0 Å². The zero-order chi connectivity index (χ0) is 11.8. The zero-order valence-electron chi connectivity index (χ0n) is 10.4. The molecule has 0 aliphatic carbocycles. The van der Waals surface area contributed by atoms with E-state index in [1.54, 1.807) is 0 Å². The van der Waals surface area contributed by atoms with Gasteiger partial charge in [-0.3, -0.25) is 4.98 Å². The van der Waals surface area contributed by atoms with E-state index in [4.69, 9.17) is 0 Å². The first-order chi connectivity index (χ1) is 7.77. The minimum absolute atomic E-state index is 0.643. The lowest BCUT2D eigenvalue weighted by Crippen LogP contribution is -2.00. The average molecular weight is 284 g/mol. The molecule has 2 heteroatoms. The minimum atomic E-state index is 0.643. The Kier molecular flexibility index (Phi) is 6.70. The summed E-state index contributed by atoms with van der Waals surface area (Å²) in [5.74, 6) is 0.643. The number of unbranched alkanes of at least 4 members (excludes halogenated alkanes) is 3. The highest BCUT2D eigenvalue weighted by atomic mass is 79.9. The molecule has 0 fully saturated rings. The van der Waals surface area contributed by atoms with E-state index in [0.717, 1.165) is 4.47 Å². The highest BCUT2D eigenvalue weighted by Crippen LogP contribution is 2.25. The molecule has 1 aromatic rings. The summed E-state index contributed by atoms with van der Waals surface area (Å²) in [6, 6.07) is 4.25. The Morgan fingerprint density at radius 1 is 1.19 bits per heavy atom. The smallest absolute Gasteiger partial charge is 0.0435 e. The second-order valence-corrected chi connectivity index (χ2v) is 5.27. The molecule has 1 rings (SSSR count). The van der Waals surface area contributed by atoms with Gasteiger partial charge in [0, 0.05) is 22.3 Å². The molecule has 1 aromatic heterocycles. The molecule has 0 amide bonds. The summed E-state index contributed by atoms with van der Waals surface area (Å²) in [4.78, 5) is 4.50. The molecule has 16 heavy (non-hydrogen) atoms. The lowest BCUT2D eigenvalue weighted by Gasteiger charge is -2.14. The van der Waals surface area contributed by atoms with Gasteiger partial charge < -0.3 is 0 Å². The van der Waals surface area contributed by atoms with Gasteiger partial charge in [-0.1, -0.05) is 39.5 Å². The van der Waals surface area contributed by atoms with Crippen molar-refractivity contribution in [1.82, 2.24) is 4.98 Å². The first-order valence-electron chi connectivity index (χ1n) is 6.39. The number of rotatable bonds is 7. The van der Waals surface area contributed by atoms with Crippen LogP contribution >= 0.6 is 15.9 Å². The maximum atomic E-state index is 4.50. The van der Waals surface area contributed by atoms with Crippen LogP contribution in [0.4, 0.5) is 0 Å². The summed E-state index contributed by atoms with van der Waals surface area (Å²) >= 11 is 3.43. The SMILES string of the molecule is CCCCCCC(CC)c1ccc(Br)cn1. The molecule has 1 heterocycles. The molecular weight excluding hydrogens is 262 g/mol. The van der Waals surface area contributed by atoms with Gasteiger partial charge in [0.2, 0.25) is 0 Å². The van der Waals surface area contributed by atoms with Crippen molar-refractivity contribution in [3.8, 4) is 0 Å². The zero-order valence-corrected chi connectivity index (χ0v) is 12.0. The van der Waals surface area contributed by atoms with Crippen LogP contribution in [0.25, 0.3) is 0 Å². The van der Waals surface area contributed by atoms with Crippen LogP contribution in [-0.2, 0) is 0 Å². The third kappa shape index (κ3) is 4.65. The summed E-state index contributed by atoms with van der Waals surface area (Å²) in [7, 11) is 0. The molecule has 1 atom stereocenters. The molecule has 1 unspecified atom stereocenters. The molecule has 0 bridgehead atoms. The third-order valence-electron chi connectivity index (χ3n) is 3.07. The van der Waals surface area contributed by atoms with Crippen molar-refractivity contribution >= 4 is 15.9 Å². The van der Waals surface area contributed by atoms with Crippen LogP contribution in [0.2, 0.25) is 0 Å². The normalized spacial score (nSPS) is 12.7. The van der Waals surface area contributed by atoms with E-state index >= 15 is 0 Å².